The van der Waals surface area contributed by atoms with E-state index < -0.39 is 0 Å². The maximum Gasteiger partial charge on any atom is 0.253 e. The number of nitrogens with zero attached hydrogens (tertiary/aromatic N) is 2. The van der Waals surface area contributed by atoms with Crippen LogP contribution in [-0.4, -0.2) is 40.8 Å². The highest BCUT2D eigenvalue weighted by molar-refractivity contribution is 5.94. The Morgan fingerprint density at radius 2 is 1.78 bits per heavy atom. The van der Waals surface area contributed by atoms with Crippen molar-refractivity contribution >= 4 is 11.8 Å². The van der Waals surface area contributed by atoms with E-state index >= 15 is 0 Å². The van der Waals surface area contributed by atoms with Gasteiger partial charge in [0.1, 0.15) is 5.82 Å². The smallest absolute Gasteiger partial charge is 0.253 e. The zero-order valence-corrected chi connectivity index (χ0v) is 15.4. The number of amides is 2. The molecule has 1 unspecified atom stereocenters. The summed E-state index contributed by atoms with van der Waals surface area (Å²) in [4.78, 5) is 30.5. The number of likely N-dealkylation sites (tertiary alicyclic amines) is 1. The molecule has 1 aliphatic rings. The van der Waals surface area contributed by atoms with Crippen molar-refractivity contribution < 1.29 is 14.0 Å². The third kappa shape index (κ3) is 5.12. The summed E-state index contributed by atoms with van der Waals surface area (Å²) >= 11 is 0. The number of pyridine rings is 1. The van der Waals surface area contributed by atoms with Gasteiger partial charge in [-0.05, 0) is 48.6 Å². The molecule has 1 fully saturated rings. The van der Waals surface area contributed by atoms with E-state index in [4.69, 9.17) is 0 Å². The molecule has 2 amide bonds. The lowest BCUT2D eigenvalue weighted by Crippen LogP contribution is -2.46. The van der Waals surface area contributed by atoms with Crippen molar-refractivity contribution in [1.82, 2.24) is 15.2 Å². The van der Waals surface area contributed by atoms with E-state index in [2.05, 4.69) is 10.3 Å². The van der Waals surface area contributed by atoms with Crippen LogP contribution in [0.4, 0.5) is 4.39 Å². The van der Waals surface area contributed by atoms with Crippen LogP contribution >= 0.6 is 0 Å². The number of hydrogen-bond donors (Lipinski definition) is 1. The molecule has 0 aliphatic carbocycles. The quantitative estimate of drug-likeness (QED) is 0.881. The zero-order chi connectivity index (χ0) is 19.2. The zero-order valence-electron chi connectivity index (χ0n) is 15.4. The summed E-state index contributed by atoms with van der Waals surface area (Å²) in [5.41, 5.74) is 1.59. The largest absolute Gasteiger partial charge is 0.353 e. The van der Waals surface area contributed by atoms with Gasteiger partial charge in [0.15, 0.2) is 0 Å². The minimum atomic E-state index is -0.275. The van der Waals surface area contributed by atoms with E-state index in [0.29, 0.717) is 25.1 Å². The van der Waals surface area contributed by atoms with Crippen molar-refractivity contribution in [3.63, 3.8) is 0 Å². The molecule has 27 heavy (non-hydrogen) atoms. The molecule has 6 heteroatoms. The Morgan fingerprint density at radius 3 is 2.41 bits per heavy atom. The second kappa shape index (κ2) is 8.75. The molecule has 0 bridgehead atoms. The van der Waals surface area contributed by atoms with Crippen LogP contribution in [0.1, 0.15) is 48.0 Å². The van der Waals surface area contributed by atoms with Gasteiger partial charge in [0, 0.05) is 43.5 Å². The van der Waals surface area contributed by atoms with Gasteiger partial charge in [0.25, 0.3) is 5.91 Å². The van der Waals surface area contributed by atoms with E-state index in [-0.39, 0.29) is 29.6 Å². The molecule has 0 spiro atoms. The molecule has 0 saturated carbocycles. The van der Waals surface area contributed by atoms with Gasteiger partial charge >= 0.3 is 0 Å². The summed E-state index contributed by atoms with van der Waals surface area (Å²) in [6.07, 6.45) is 5.08. The summed E-state index contributed by atoms with van der Waals surface area (Å²) in [7, 11) is 0. The van der Waals surface area contributed by atoms with Crippen LogP contribution < -0.4 is 5.32 Å². The third-order valence-corrected chi connectivity index (χ3v) is 5.01. The van der Waals surface area contributed by atoms with E-state index in [9.17, 15) is 14.0 Å². The van der Waals surface area contributed by atoms with Crippen LogP contribution in [0.5, 0.6) is 0 Å². The van der Waals surface area contributed by atoms with Crippen LogP contribution in [0.3, 0.4) is 0 Å². The Hall–Kier alpha value is -2.76. The van der Waals surface area contributed by atoms with Gasteiger partial charge in [-0.25, -0.2) is 4.39 Å². The van der Waals surface area contributed by atoms with Crippen molar-refractivity contribution in [3.05, 3.63) is 65.7 Å². The van der Waals surface area contributed by atoms with Crippen LogP contribution in [0.25, 0.3) is 0 Å². The molecule has 1 aliphatic heterocycles. The summed E-state index contributed by atoms with van der Waals surface area (Å²) in [5, 5.41) is 3.07. The molecule has 2 heterocycles. The summed E-state index contributed by atoms with van der Waals surface area (Å²) in [6, 6.07) is 9.78. The Bertz CT molecular complexity index is 772. The van der Waals surface area contributed by atoms with Crippen LogP contribution in [0.15, 0.2) is 48.8 Å². The maximum absolute atomic E-state index is 13.0. The lowest BCUT2D eigenvalue weighted by molar-refractivity contribution is -0.122. The number of piperidine rings is 1. The Morgan fingerprint density at radius 1 is 1.15 bits per heavy atom. The molecule has 1 atom stereocenters. The van der Waals surface area contributed by atoms with E-state index in [1.165, 1.54) is 12.1 Å². The van der Waals surface area contributed by atoms with Gasteiger partial charge < -0.3 is 10.2 Å². The van der Waals surface area contributed by atoms with Gasteiger partial charge in [-0.3, -0.25) is 14.6 Å². The van der Waals surface area contributed by atoms with Crippen LogP contribution in [-0.2, 0) is 4.79 Å². The first-order valence-electron chi connectivity index (χ1n) is 9.27. The molecule has 2 aromatic rings. The number of halogens is 1. The predicted molar refractivity (Wildman–Crippen MR) is 101 cm³/mol. The summed E-state index contributed by atoms with van der Waals surface area (Å²) in [5.74, 6) is -0.250. The van der Waals surface area contributed by atoms with Crippen molar-refractivity contribution in [2.24, 2.45) is 0 Å². The minimum Gasteiger partial charge on any atom is -0.353 e. The monoisotopic (exact) mass is 369 g/mol. The number of benzene rings is 1. The fourth-order valence-corrected chi connectivity index (χ4v) is 3.38. The van der Waals surface area contributed by atoms with E-state index in [1.54, 1.807) is 36.7 Å². The Labute approximate surface area is 158 Å². The van der Waals surface area contributed by atoms with Crippen LogP contribution in [0, 0.1) is 5.82 Å². The number of aromatic nitrogens is 1. The maximum atomic E-state index is 13.0. The molecule has 1 N–H and O–H groups in total. The molecule has 1 aromatic heterocycles. The number of carbonyl (C=O) groups is 2. The number of rotatable bonds is 5. The highest BCUT2D eigenvalue weighted by Crippen LogP contribution is 2.20. The summed E-state index contributed by atoms with van der Waals surface area (Å²) < 4.78 is 13.0. The van der Waals surface area contributed by atoms with Crippen molar-refractivity contribution in [1.29, 1.82) is 0 Å². The highest BCUT2D eigenvalue weighted by atomic mass is 19.1. The SMILES string of the molecule is CC(CC(=O)NC1CCN(C(=O)c2ccncc2)CC1)c1ccc(F)cc1. The van der Waals surface area contributed by atoms with Gasteiger partial charge in [0.2, 0.25) is 5.91 Å². The molecular weight excluding hydrogens is 345 g/mol. The molecule has 142 valence electrons. The molecule has 3 rings (SSSR count). The summed E-state index contributed by atoms with van der Waals surface area (Å²) in [6.45, 7) is 3.21. The molecular formula is C21H24FN3O2. The molecule has 1 saturated heterocycles. The van der Waals surface area contributed by atoms with Crippen molar-refractivity contribution in [2.45, 2.75) is 38.1 Å². The fraction of sp³-hybridized carbons (Fsp3) is 0.381. The first-order chi connectivity index (χ1) is 13.0. The number of nitrogens with one attached hydrogen (secondary N) is 1. The third-order valence-electron chi connectivity index (χ3n) is 5.01. The normalized spacial score (nSPS) is 16.0. The first kappa shape index (κ1) is 19.0. The molecule has 1 aromatic carbocycles. The topological polar surface area (TPSA) is 62.3 Å². The van der Waals surface area contributed by atoms with Crippen LogP contribution in [0.2, 0.25) is 0 Å². The van der Waals surface area contributed by atoms with Gasteiger partial charge in [-0.1, -0.05) is 19.1 Å². The average Bonchev–Trinajstić information content (AvgIpc) is 2.69. The second-order valence-corrected chi connectivity index (χ2v) is 7.03. The Kier molecular flexibility index (Phi) is 6.16. The van der Waals surface area contributed by atoms with Crippen molar-refractivity contribution in [2.75, 3.05) is 13.1 Å². The van der Waals surface area contributed by atoms with E-state index in [0.717, 1.165) is 18.4 Å². The number of hydrogen-bond acceptors (Lipinski definition) is 3. The highest BCUT2D eigenvalue weighted by Gasteiger charge is 2.25. The van der Waals surface area contributed by atoms with Gasteiger partial charge in [-0.15, -0.1) is 0 Å². The molecule has 5 nitrogen and oxygen atoms in total. The van der Waals surface area contributed by atoms with Gasteiger partial charge in [0.05, 0.1) is 0 Å². The Balaban J connectivity index is 1.45. The fourth-order valence-electron chi connectivity index (χ4n) is 3.38. The lowest BCUT2D eigenvalue weighted by atomic mass is 9.96. The standard InChI is InChI=1S/C21H24FN3O2/c1-15(16-2-4-18(22)5-3-16)14-20(26)24-19-8-12-25(13-9-19)21(27)17-6-10-23-11-7-17/h2-7,10-11,15,19H,8-9,12-14H2,1H3,(H,24,26). The van der Waals surface area contributed by atoms with Gasteiger partial charge in [-0.2, -0.15) is 0 Å². The first-order valence-corrected chi connectivity index (χ1v) is 9.27. The lowest BCUT2D eigenvalue weighted by Gasteiger charge is -2.32. The second-order valence-electron chi connectivity index (χ2n) is 7.03. The average molecular weight is 369 g/mol. The predicted octanol–water partition coefficient (Wildman–Crippen LogP) is 3.14. The number of carbonyl (C=O) groups excluding carboxylic acids is 2. The minimum absolute atomic E-state index is 0.00658. The molecule has 0 radical (unpaired) electrons. The van der Waals surface area contributed by atoms with Crippen molar-refractivity contribution in [3.8, 4) is 0 Å². The van der Waals surface area contributed by atoms with E-state index in [1.807, 2.05) is 11.8 Å².